The fourth-order valence-corrected chi connectivity index (χ4v) is 4.06. The number of carbonyl (C=O) groups excluding carboxylic acids is 1. The number of aromatic nitrogens is 3. The standard InChI is InChI=1S/C24H30N6O5/c1-3-30-20(28-22(31)16-14-26-24(25)27-15-16)13-18-17(23(30)32)5-6-19(21(18)33-2)35-10-4-7-29-8-11-34-12-9-29/h5-6,13-15H,3-4,7-12H2,1-2H3,(H,28,31)(H2,25,26,27). The van der Waals surface area contributed by atoms with Gasteiger partial charge in [-0.05, 0) is 31.5 Å². The second kappa shape index (κ2) is 11.2. The van der Waals surface area contributed by atoms with Crippen molar-refractivity contribution in [2.45, 2.75) is 19.9 Å². The van der Waals surface area contributed by atoms with Crippen molar-refractivity contribution in [1.29, 1.82) is 0 Å². The Balaban J connectivity index is 1.58. The van der Waals surface area contributed by atoms with Crippen LogP contribution in [-0.2, 0) is 11.3 Å². The van der Waals surface area contributed by atoms with Crippen LogP contribution in [0.25, 0.3) is 10.8 Å². The highest BCUT2D eigenvalue weighted by atomic mass is 16.5. The number of fused-ring (bicyclic) bond motifs is 1. The van der Waals surface area contributed by atoms with Gasteiger partial charge >= 0.3 is 0 Å². The average molecular weight is 483 g/mol. The van der Waals surface area contributed by atoms with Crippen molar-refractivity contribution >= 4 is 28.4 Å². The molecule has 1 aliphatic heterocycles. The number of methoxy groups -OCH3 is 1. The molecule has 0 radical (unpaired) electrons. The Labute approximate surface area is 202 Å². The number of nitrogens with two attached hydrogens (primary N) is 1. The molecule has 1 fully saturated rings. The lowest BCUT2D eigenvalue weighted by Crippen LogP contribution is -2.37. The van der Waals surface area contributed by atoms with E-state index in [9.17, 15) is 9.59 Å². The number of morpholine rings is 1. The van der Waals surface area contributed by atoms with Gasteiger partial charge in [-0.3, -0.25) is 19.1 Å². The van der Waals surface area contributed by atoms with Crippen molar-refractivity contribution in [2.75, 3.05) is 57.6 Å². The zero-order valence-corrected chi connectivity index (χ0v) is 20.0. The van der Waals surface area contributed by atoms with Crippen LogP contribution >= 0.6 is 0 Å². The average Bonchev–Trinajstić information content (AvgIpc) is 2.87. The fourth-order valence-electron chi connectivity index (χ4n) is 4.06. The van der Waals surface area contributed by atoms with Gasteiger partial charge in [0.25, 0.3) is 11.5 Å². The van der Waals surface area contributed by atoms with Gasteiger partial charge < -0.3 is 25.3 Å². The summed E-state index contributed by atoms with van der Waals surface area (Å²) in [6, 6.07) is 5.19. The third kappa shape index (κ3) is 5.52. The summed E-state index contributed by atoms with van der Waals surface area (Å²) >= 11 is 0. The Kier molecular flexibility index (Phi) is 7.78. The summed E-state index contributed by atoms with van der Waals surface area (Å²) in [7, 11) is 1.53. The normalized spacial score (nSPS) is 14.1. The molecule has 3 N–H and O–H groups in total. The maximum Gasteiger partial charge on any atom is 0.260 e. The molecule has 35 heavy (non-hydrogen) atoms. The molecule has 4 rings (SSSR count). The van der Waals surface area contributed by atoms with Crippen LogP contribution in [0.1, 0.15) is 23.7 Å². The number of hydrogen-bond donors (Lipinski definition) is 2. The molecule has 11 nitrogen and oxygen atoms in total. The van der Waals surface area contributed by atoms with Crippen LogP contribution < -0.4 is 26.1 Å². The largest absolute Gasteiger partial charge is 0.492 e. The van der Waals surface area contributed by atoms with Gasteiger partial charge in [0.15, 0.2) is 11.5 Å². The van der Waals surface area contributed by atoms with Crippen LogP contribution in [-0.4, -0.2) is 71.9 Å². The number of pyridine rings is 1. The maximum atomic E-state index is 13.2. The van der Waals surface area contributed by atoms with E-state index in [0.717, 1.165) is 39.3 Å². The predicted molar refractivity (Wildman–Crippen MR) is 132 cm³/mol. The first-order valence-corrected chi connectivity index (χ1v) is 11.6. The molecule has 1 aromatic carbocycles. The monoisotopic (exact) mass is 482 g/mol. The van der Waals surface area contributed by atoms with Gasteiger partial charge in [0.05, 0.1) is 37.9 Å². The van der Waals surface area contributed by atoms with Gasteiger partial charge in [-0.2, -0.15) is 0 Å². The Hall–Kier alpha value is -3.70. The summed E-state index contributed by atoms with van der Waals surface area (Å²) in [5, 5.41) is 3.80. The number of hydrogen-bond acceptors (Lipinski definition) is 9. The highest BCUT2D eigenvalue weighted by molar-refractivity contribution is 6.04. The number of amides is 1. The molecule has 0 unspecified atom stereocenters. The zero-order valence-electron chi connectivity index (χ0n) is 20.0. The Morgan fingerprint density at radius 1 is 1.20 bits per heavy atom. The van der Waals surface area contributed by atoms with Gasteiger partial charge in [-0.25, -0.2) is 9.97 Å². The summed E-state index contributed by atoms with van der Waals surface area (Å²) in [6.45, 7) is 7.01. The van der Waals surface area contributed by atoms with Crippen molar-refractivity contribution in [3.63, 3.8) is 0 Å². The topological polar surface area (TPSA) is 134 Å². The molecule has 1 amide bonds. The van der Waals surface area contributed by atoms with E-state index < -0.39 is 5.91 Å². The van der Waals surface area contributed by atoms with Crippen LogP contribution in [0.4, 0.5) is 11.8 Å². The number of benzene rings is 1. The van der Waals surface area contributed by atoms with Crippen LogP contribution in [0.3, 0.4) is 0 Å². The highest BCUT2D eigenvalue weighted by Gasteiger charge is 2.18. The molecule has 2 aromatic heterocycles. The first-order chi connectivity index (χ1) is 17.0. The molecule has 3 aromatic rings. The molecular weight excluding hydrogens is 452 g/mol. The molecule has 0 aliphatic carbocycles. The molecule has 1 aliphatic rings. The van der Waals surface area contributed by atoms with Crippen molar-refractivity contribution in [3.8, 4) is 11.5 Å². The number of nitrogens with one attached hydrogen (secondary N) is 1. The van der Waals surface area contributed by atoms with Crippen LogP contribution in [0.2, 0.25) is 0 Å². The minimum Gasteiger partial charge on any atom is -0.492 e. The van der Waals surface area contributed by atoms with E-state index >= 15 is 0 Å². The molecule has 0 bridgehead atoms. The van der Waals surface area contributed by atoms with E-state index in [-0.39, 0.29) is 17.1 Å². The van der Waals surface area contributed by atoms with Crippen molar-refractivity contribution in [2.24, 2.45) is 0 Å². The number of ether oxygens (including phenoxy) is 3. The predicted octanol–water partition coefficient (Wildman–Crippen LogP) is 1.76. The molecule has 0 spiro atoms. The zero-order chi connectivity index (χ0) is 24.8. The second-order valence-electron chi connectivity index (χ2n) is 8.08. The van der Waals surface area contributed by atoms with Gasteiger partial charge in [-0.1, -0.05) is 0 Å². The van der Waals surface area contributed by atoms with Crippen molar-refractivity contribution in [1.82, 2.24) is 19.4 Å². The Morgan fingerprint density at radius 3 is 2.63 bits per heavy atom. The molecule has 0 atom stereocenters. The number of anilines is 2. The third-order valence-corrected chi connectivity index (χ3v) is 5.88. The fraction of sp³-hybridized carbons (Fsp3) is 0.417. The smallest absolute Gasteiger partial charge is 0.260 e. The van der Waals surface area contributed by atoms with Crippen LogP contribution in [0.5, 0.6) is 11.5 Å². The summed E-state index contributed by atoms with van der Waals surface area (Å²) < 4.78 is 18.5. The minimum atomic E-state index is -0.458. The lowest BCUT2D eigenvalue weighted by molar-refractivity contribution is 0.0357. The first kappa shape index (κ1) is 24.4. The van der Waals surface area contributed by atoms with E-state index in [2.05, 4.69) is 20.2 Å². The molecular formula is C24H30N6O5. The summed E-state index contributed by atoms with van der Waals surface area (Å²) in [5.41, 5.74) is 5.48. The van der Waals surface area contributed by atoms with Crippen LogP contribution in [0, 0.1) is 0 Å². The minimum absolute atomic E-state index is 0.0694. The number of nitrogen functional groups attached to an aromatic ring is 1. The molecule has 1 saturated heterocycles. The lowest BCUT2D eigenvalue weighted by atomic mass is 10.1. The maximum absolute atomic E-state index is 13.2. The first-order valence-electron chi connectivity index (χ1n) is 11.6. The molecule has 11 heteroatoms. The second-order valence-corrected chi connectivity index (χ2v) is 8.08. The van der Waals surface area contributed by atoms with E-state index in [1.807, 2.05) is 6.92 Å². The van der Waals surface area contributed by atoms with E-state index in [0.29, 0.717) is 41.2 Å². The van der Waals surface area contributed by atoms with E-state index in [4.69, 9.17) is 19.9 Å². The van der Waals surface area contributed by atoms with Gasteiger partial charge in [0.2, 0.25) is 5.95 Å². The van der Waals surface area contributed by atoms with Crippen LogP contribution in [0.15, 0.2) is 35.4 Å². The van der Waals surface area contributed by atoms with Gasteiger partial charge in [0.1, 0.15) is 5.82 Å². The number of rotatable bonds is 9. The SMILES string of the molecule is CCn1c(NC(=O)c2cnc(N)nc2)cc2c(OC)c(OCCCN3CCOCC3)ccc2c1=O. The van der Waals surface area contributed by atoms with Gasteiger partial charge in [0, 0.05) is 44.0 Å². The molecule has 0 saturated carbocycles. The van der Waals surface area contributed by atoms with Crippen molar-refractivity contribution < 1.29 is 19.0 Å². The number of nitrogens with zero attached hydrogens (tertiary/aromatic N) is 4. The summed E-state index contributed by atoms with van der Waals surface area (Å²) in [5.74, 6) is 0.926. The van der Waals surface area contributed by atoms with Gasteiger partial charge in [-0.15, -0.1) is 0 Å². The summed E-state index contributed by atoms with van der Waals surface area (Å²) in [6.07, 6.45) is 3.51. The van der Waals surface area contributed by atoms with E-state index in [1.165, 1.54) is 24.1 Å². The molecule has 186 valence electrons. The summed E-state index contributed by atoms with van der Waals surface area (Å²) in [4.78, 5) is 36.0. The number of carbonyl (C=O) groups is 1. The Morgan fingerprint density at radius 2 is 1.94 bits per heavy atom. The molecule has 3 heterocycles. The quantitative estimate of drug-likeness (QED) is 0.438. The van der Waals surface area contributed by atoms with Crippen molar-refractivity contribution in [3.05, 3.63) is 46.5 Å². The van der Waals surface area contributed by atoms with E-state index in [1.54, 1.807) is 18.2 Å². The Bertz CT molecular complexity index is 1240. The highest BCUT2D eigenvalue weighted by Crippen LogP contribution is 2.35. The third-order valence-electron chi connectivity index (χ3n) is 5.88. The lowest BCUT2D eigenvalue weighted by Gasteiger charge is -2.26.